The summed E-state index contributed by atoms with van der Waals surface area (Å²) in [5, 5.41) is 6.15. The van der Waals surface area contributed by atoms with Crippen molar-refractivity contribution in [1.82, 2.24) is 15.5 Å². The van der Waals surface area contributed by atoms with Crippen LogP contribution in [0.4, 0.5) is 0 Å². The molecule has 0 rings (SSSR count). The van der Waals surface area contributed by atoms with E-state index in [9.17, 15) is 47.9 Å². The van der Waals surface area contributed by atoms with Crippen LogP contribution in [-0.2, 0) is 95.3 Å². The zero-order valence-corrected chi connectivity index (χ0v) is 111. The highest BCUT2D eigenvalue weighted by Gasteiger charge is 2.34. The van der Waals surface area contributed by atoms with Gasteiger partial charge in [0.1, 0.15) is 48.0 Å². The zero-order valence-electron chi connectivity index (χ0n) is 111. The minimum Gasteiger partial charge on any atom is -0.464 e. The maximum absolute atomic E-state index is 11.8. The molecule has 0 fully saturated rings. The predicted octanol–water partition coefficient (Wildman–Crippen LogP) is 30.5. The number of Topliss-reactive ketones (excluding diaryl/α,β-unsaturated/α-hetero) is 4. The number of nitrogens with one attached hydrogen (secondary N) is 2. The third-order valence-corrected chi connectivity index (χ3v) is 18.7. The Morgan fingerprint density at radius 2 is 0.685 bits per heavy atom. The predicted molar refractivity (Wildman–Crippen MR) is 632 cm³/mol. The number of nitrogens with zero attached hydrogens (tertiary/aromatic N) is 1. The summed E-state index contributed by atoms with van der Waals surface area (Å²) in [6, 6.07) is -1.32. The lowest BCUT2D eigenvalue weighted by Crippen LogP contribution is -2.39. The first-order valence-corrected chi connectivity index (χ1v) is 55.9. The summed E-state index contributed by atoms with van der Waals surface area (Å²) < 4.78 is 52.4. The number of ether oxygens (including phenoxy) is 10. The number of nitrogens with two attached hydrogens (primary N) is 2. The Labute approximate surface area is 923 Å². The molecule has 149 heavy (non-hydrogen) atoms. The van der Waals surface area contributed by atoms with Crippen molar-refractivity contribution in [1.29, 1.82) is 0 Å². The van der Waals surface area contributed by atoms with E-state index in [-0.39, 0.29) is 141 Å². The zero-order chi connectivity index (χ0) is 122. The van der Waals surface area contributed by atoms with Gasteiger partial charge in [-0.05, 0) is 340 Å². The van der Waals surface area contributed by atoms with Gasteiger partial charge >= 0.3 is 29.8 Å². The van der Waals surface area contributed by atoms with Crippen LogP contribution in [0.15, 0.2) is 0 Å². The average Bonchev–Trinajstić information content (AvgIpc) is 0.842. The Morgan fingerprint density at radius 1 is 0.336 bits per heavy atom. The van der Waals surface area contributed by atoms with E-state index in [1.807, 2.05) is 187 Å². The van der Waals surface area contributed by atoms with Crippen LogP contribution in [0.1, 0.15) is 540 Å². The average molecular weight is 2140 g/mol. The molecule has 0 radical (unpaired) electrons. The number of hydrogen-bond donors (Lipinski definition) is 4. The molecule has 25 nitrogen and oxygen atoms in total. The van der Waals surface area contributed by atoms with Gasteiger partial charge in [0, 0.05) is 64.9 Å². The fourth-order valence-corrected chi connectivity index (χ4v) is 11.4. The Morgan fingerprint density at radius 3 is 0.940 bits per heavy atom. The number of carbonyl (C=O) groups excluding carboxylic acids is 10. The Balaban J connectivity index is -0.000000138. The van der Waals surface area contributed by atoms with Crippen molar-refractivity contribution in [2.45, 2.75) is 616 Å². The molecule has 0 heterocycles. The van der Waals surface area contributed by atoms with Crippen LogP contribution in [0, 0.1) is 78.3 Å². The van der Waals surface area contributed by atoms with Gasteiger partial charge in [-0.1, -0.05) is 235 Å². The van der Waals surface area contributed by atoms with Gasteiger partial charge in [-0.15, -0.1) is 0 Å². The smallest absolute Gasteiger partial charge is 0.323 e. The topological polar surface area (TPSA) is 342 Å². The first kappa shape index (κ1) is 169. The van der Waals surface area contributed by atoms with Crippen molar-refractivity contribution in [3.63, 3.8) is 0 Å². The molecule has 0 aromatic heterocycles. The molecule has 0 bridgehead atoms. The summed E-state index contributed by atoms with van der Waals surface area (Å²) in [6.45, 7) is 138. The molecule has 0 aliphatic heterocycles. The summed E-state index contributed by atoms with van der Waals surface area (Å²) in [4.78, 5) is 116. The number of carbonyl (C=O) groups is 10. The van der Waals surface area contributed by atoms with E-state index in [4.69, 9.17) is 54.1 Å². The van der Waals surface area contributed by atoms with Crippen LogP contribution in [0.2, 0.25) is 0 Å². The monoisotopic (exact) mass is 2140 g/mol. The summed E-state index contributed by atoms with van der Waals surface area (Å²) in [7, 11) is 2.26. The Hall–Kier alpha value is -4.70. The standard InChI is InChI=1S/C15H33N.C13H25NO4.C13H25NO2.C11H25N.C11H24O.C10H19NO3.C9H16O3.C9H20O2.C9H18O.C8H18O2.C8H18O.C8H16O/c1-14(2,3)10-8-12-16(7)13-9-11-15(4,5)6;1-12(2,3)17-10(15)8-7-9(14)11(16)18-13(4,5)6;1-12(2,3)10(15)8-7-9(14)11(16)13(4,5)6;2*1-10(2,3)8-7-9-12-11(4,5)6;1-7(2)9(12)11-5-6-14-10(13)8(3)4;1-6(2)7(10)12-8(11)9(3,4)5;1-8(2,3)10-7-11-9(4,5)6;1-8(2,3)7(10)9(4,5)6;1-6(2)9-8(5)10-7(3)4;1-7(2,3)9-8(4,5)6;1-6(2)5-8(9)7(3)4/h8-13H2,1-7H3;9H,7-8,14H2,1-6H3;9H,7-8,14H2,1-6H3;12H,7-9H2,1-6H3;7-9H2,1-6H3;7-8H,5-6H2,1-4H3,(H,11,12);6H,1-5H3;7H2,1-6H3;1-6H3;6-8H,1-5H3;1-6H3;6-7H,5H2,1-4H3. The first-order chi connectivity index (χ1) is 65.2. The second-order valence-corrected chi connectivity index (χ2v) is 59.6. The summed E-state index contributed by atoms with van der Waals surface area (Å²) in [6.07, 6.45) is 12.6. The second-order valence-electron chi connectivity index (χ2n) is 59.6. The summed E-state index contributed by atoms with van der Waals surface area (Å²) in [5.41, 5.74) is 10.6. The molecule has 0 aromatic carbocycles. The molecule has 2 unspecified atom stereocenters. The number of esters is 5. The van der Waals surface area contributed by atoms with E-state index in [1.165, 1.54) is 64.5 Å². The summed E-state index contributed by atoms with van der Waals surface area (Å²) in [5.74, 6) is -0.836. The van der Waals surface area contributed by atoms with Gasteiger partial charge in [-0.3, -0.25) is 47.9 Å². The molecule has 1 amide bonds. The van der Waals surface area contributed by atoms with Gasteiger partial charge in [-0.2, -0.15) is 0 Å². The highest BCUT2D eigenvalue weighted by atomic mass is 16.7. The quantitative estimate of drug-likeness (QED) is 0.0151. The number of ketones is 4. The van der Waals surface area contributed by atoms with E-state index in [1.54, 1.807) is 90.0 Å². The largest absolute Gasteiger partial charge is 0.464 e. The highest BCUT2D eigenvalue weighted by Crippen LogP contribution is 2.30. The van der Waals surface area contributed by atoms with E-state index >= 15 is 0 Å². The minimum atomic E-state index is -0.795. The number of hydrogen-bond acceptors (Lipinski definition) is 24. The fourth-order valence-electron chi connectivity index (χ4n) is 11.4. The van der Waals surface area contributed by atoms with Crippen molar-refractivity contribution in [2.75, 3.05) is 53.2 Å². The second kappa shape index (κ2) is 78.5. The van der Waals surface area contributed by atoms with Crippen LogP contribution < -0.4 is 22.1 Å². The molecular formula is C124H257N5O20. The van der Waals surface area contributed by atoms with Gasteiger partial charge in [0.25, 0.3) is 0 Å². The van der Waals surface area contributed by atoms with Crippen molar-refractivity contribution < 1.29 is 95.3 Å². The van der Waals surface area contributed by atoms with Crippen molar-refractivity contribution >= 4 is 58.9 Å². The van der Waals surface area contributed by atoms with Crippen LogP contribution in [0.25, 0.3) is 0 Å². The number of rotatable bonds is 35. The van der Waals surface area contributed by atoms with Crippen LogP contribution >= 0.6 is 0 Å². The molecule has 0 saturated heterocycles. The van der Waals surface area contributed by atoms with Crippen molar-refractivity contribution in [2.24, 2.45) is 89.8 Å². The maximum atomic E-state index is 11.8. The lowest BCUT2D eigenvalue weighted by Gasteiger charge is -2.30. The van der Waals surface area contributed by atoms with Gasteiger partial charge in [0.2, 0.25) is 5.91 Å². The molecule has 25 heteroatoms. The van der Waals surface area contributed by atoms with Crippen molar-refractivity contribution in [3.05, 3.63) is 0 Å². The molecule has 6 N–H and O–H groups in total. The lowest BCUT2D eigenvalue weighted by atomic mass is 9.76. The van der Waals surface area contributed by atoms with Gasteiger partial charge in [-0.25, -0.2) is 0 Å². The van der Waals surface area contributed by atoms with E-state index in [0.717, 1.165) is 19.6 Å². The molecule has 0 aliphatic rings. The molecule has 898 valence electrons. The highest BCUT2D eigenvalue weighted by molar-refractivity contribution is 5.90. The molecule has 2 atom stereocenters. The molecular weight excluding hydrogens is 1880 g/mol. The van der Waals surface area contributed by atoms with Gasteiger partial charge < -0.3 is 74.4 Å². The molecule has 0 spiro atoms. The van der Waals surface area contributed by atoms with E-state index < -0.39 is 52.0 Å². The minimum absolute atomic E-state index is 0.0156. The van der Waals surface area contributed by atoms with Gasteiger partial charge in [0.05, 0.1) is 70.1 Å². The van der Waals surface area contributed by atoms with E-state index in [2.05, 4.69) is 207 Å². The fraction of sp³-hybridized carbons (Fsp3) is 0.919. The van der Waals surface area contributed by atoms with Crippen LogP contribution in [-0.4, -0.2) is 192 Å². The third kappa shape index (κ3) is 150. The van der Waals surface area contributed by atoms with Crippen LogP contribution in [0.5, 0.6) is 0 Å². The van der Waals surface area contributed by atoms with Gasteiger partial charge in [0.15, 0.2) is 12.1 Å². The normalized spacial score (nSPS) is 13.0. The van der Waals surface area contributed by atoms with Crippen molar-refractivity contribution in [3.8, 4) is 0 Å². The lowest BCUT2D eigenvalue weighted by molar-refractivity contribution is -0.170. The first-order valence-electron chi connectivity index (χ1n) is 55.9. The maximum Gasteiger partial charge on any atom is 0.323 e. The third-order valence-electron chi connectivity index (χ3n) is 18.7. The summed E-state index contributed by atoms with van der Waals surface area (Å²) >= 11 is 0. The van der Waals surface area contributed by atoms with Crippen LogP contribution in [0.3, 0.4) is 0 Å². The molecule has 0 saturated carbocycles. The Kier molecular flexibility index (Phi) is 89.2. The molecule has 0 aliphatic carbocycles. The van der Waals surface area contributed by atoms with E-state index in [0.29, 0.717) is 65.3 Å². The Bertz CT molecular complexity index is 3290. The molecule has 0 aromatic rings. The number of amides is 1. The SMILES string of the molecule is CC(C)(C)C(=O)C(C)(C)C.CC(C)(C)C(=O)CCC(N)C(=O)C(C)(C)C.CC(C)(C)CCCNC(C)(C)C.CC(C)(C)CCCOC(C)(C)C.CC(C)(C)OC(=O)CCC(N)C(=O)OC(C)(C)C.CC(C)(C)OC(C)(C)C.CC(C)(C)OCOC(C)(C)C.CC(C)C(=O)NCCOC(=O)C(C)C.CC(C)C(=O)OC(=O)C(C)(C)C.CC(C)CC(=O)C(C)C.CC(C)OC(C)OC(C)C.CN(CCCC(C)(C)C)CCCC(C)(C)C.